The molecular weight excluding hydrogens is 322 g/mol. The zero-order chi connectivity index (χ0) is 12.8. The van der Waals surface area contributed by atoms with Gasteiger partial charge in [0.2, 0.25) is 0 Å². The Morgan fingerprint density at radius 2 is 2.26 bits per heavy atom. The summed E-state index contributed by atoms with van der Waals surface area (Å²) in [5, 5.41) is 13.1. The van der Waals surface area contributed by atoms with E-state index in [1.54, 1.807) is 0 Å². The molecule has 19 heavy (non-hydrogen) atoms. The molecule has 2 heterocycles. The molecule has 3 nitrogen and oxygen atoms in total. The van der Waals surface area contributed by atoms with E-state index in [0.29, 0.717) is 0 Å². The molecule has 1 aromatic carbocycles. The predicted molar refractivity (Wildman–Crippen MR) is 82.1 cm³/mol. The third-order valence-electron chi connectivity index (χ3n) is 3.31. The number of nitrogens with one attached hydrogen (secondary N) is 2. The van der Waals surface area contributed by atoms with Crippen molar-refractivity contribution in [3.05, 3.63) is 50.6 Å². The Hall–Kier alpha value is -1.59. The Morgan fingerprint density at radius 3 is 3.16 bits per heavy atom. The summed E-state index contributed by atoms with van der Waals surface area (Å²) in [6.45, 7) is 0. The second-order valence-electron chi connectivity index (χ2n) is 4.50. The fourth-order valence-electron chi connectivity index (χ4n) is 2.43. The first-order valence-electron chi connectivity index (χ1n) is 5.98. The summed E-state index contributed by atoms with van der Waals surface area (Å²) in [5.74, 6) is 0.927. The van der Waals surface area contributed by atoms with Crippen molar-refractivity contribution < 1.29 is 0 Å². The first kappa shape index (κ1) is 11.3. The van der Waals surface area contributed by atoms with Crippen LogP contribution in [-0.2, 0) is 6.42 Å². The van der Waals surface area contributed by atoms with Crippen LogP contribution in [0.25, 0.3) is 11.3 Å². The van der Waals surface area contributed by atoms with Crippen LogP contribution in [0.4, 0.5) is 11.5 Å². The van der Waals surface area contributed by atoms with Gasteiger partial charge in [-0.05, 0) is 29.6 Å². The number of hydrogen-bond acceptors (Lipinski definition) is 3. The standard InChI is InChI=1S/C14H10BrN3S/c15-8-2-1-3-9(6-8)16-14-11-7-12-10(4-5-19-12)13(11)17-18-14/h1-6H,7H2,(H2,16,17,18). The third-order valence-corrected chi connectivity index (χ3v) is 4.72. The first-order chi connectivity index (χ1) is 9.31. The lowest BCUT2D eigenvalue weighted by molar-refractivity contribution is 1.09. The molecule has 4 rings (SSSR count). The van der Waals surface area contributed by atoms with Crippen LogP contribution in [0, 0.1) is 0 Å². The second-order valence-corrected chi connectivity index (χ2v) is 6.41. The molecule has 2 aromatic heterocycles. The van der Waals surface area contributed by atoms with E-state index in [0.717, 1.165) is 28.1 Å². The number of fused-ring (bicyclic) bond motifs is 3. The molecule has 1 aliphatic rings. The summed E-state index contributed by atoms with van der Waals surface area (Å²) < 4.78 is 1.06. The molecular formula is C14H10BrN3S. The smallest absolute Gasteiger partial charge is 0.156 e. The average Bonchev–Trinajstić information content (AvgIpc) is 3.03. The quantitative estimate of drug-likeness (QED) is 0.565. The Kier molecular flexibility index (Phi) is 2.50. The fourth-order valence-corrected chi connectivity index (χ4v) is 3.72. The number of anilines is 2. The van der Waals surface area contributed by atoms with Gasteiger partial charge in [0.15, 0.2) is 5.82 Å². The minimum atomic E-state index is 0.927. The monoisotopic (exact) mass is 331 g/mol. The van der Waals surface area contributed by atoms with E-state index in [9.17, 15) is 0 Å². The minimum Gasteiger partial charge on any atom is -0.338 e. The van der Waals surface area contributed by atoms with Crippen LogP contribution in [0.15, 0.2) is 40.2 Å². The normalized spacial score (nSPS) is 12.3. The van der Waals surface area contributed by atoms with E-state index in [2.05, 4.69) is 42.9 Å². The SMILES string of the molecule is Brc1cccc(Nc2n[nH]c3c2Cc2sccc2-3)c1. The maximum atomic E-state index is 4.39. The molecule has 0 saturated heterocycles. The van der Waals surface area contributed by atoms with Gasteiger partial charge in [-0.25, -0.2) is 0 Å². The van der Waals surface area contributed by atoms with Crippen molar-refractivity contribution in [2.75, 3.05) is 5.32 Å². The average molecular weight is 332 g/mol. The molecule has 2 N–H and O–H groups in total. The van der Waals surface area contributed by atoms with Gasteiger partial charge in [0.05, 0.1) is 5.69 Å². The molecule has 0 fully saturated rings. The summed E-state index contributed by atoms with van der Waals surface area (Å²) in [7, 11) is 0. The van der Waals surface area contributed by atoms with E-state index < -0.39 is 0 Å². The molecule has 0 spiro atoms. The van der Waals surface area contributed by atoms with Crippen molar-refractivity contribution in [1.82, 2.24) is 10.2 Å². The van der Waals surface area contributed by atoms with E-state index >= 15 is 0 Å². The van der Waals surface area contributed by atoms with Gasteiger partial charge in [0.25, 0.3) is 0 Å². The molecule has 0 amide bonds. The van der Waals surface area contributed by atoms with Crippen molar-refractivity contribution in [3.8, 4) is 11.3 Å². The zero-order valence-electron chi connectivity index (χ0n) is 9.90. The van der Waals surface area contributed by atoms with Gasteiger partial charge in [0.1, 0.15) is 0 Å². The minimum absolute atomic E-state index is 0.927. The molecule has 0 atom stereocenters. The zero-order valence-corrected chi connectivity index (χ0v) is 12.3. The topological polar surface area (TPSA) is 40.7 Å². The molecule has 5 heteroatoms. The van der Waals surface area contributed by atoms with Crippen LogP contribution in [0.2, 0.25) is 0 Å². The van der Waals surface area contributed by atoms with E-state index in [1.807, 2.05) is 35.6 Å². The van der Waals surface area contributed by atoms with Gasteiger partial charge in [0, 0.05) is 32.6 Å². The van der Waals surface area contributed by atoms with Crippen molar-refractivity contribution in [1.29, 1.82) is 0 Å². The summed E-state index contributed by atoms with van der Waals surface area (Å²) in [6, 6.07) is 10.3. The van der Waals surface area contributed by atoms with Crippen LogP contribution < -0.4 is 5.32 Å². The number of thiophene rings is 1. The number of aromatic amines is 1. The summed E-state index contributed by atoms with van der Waals surface area (Å²) in [6.07, 6.45) is 0.967. The van der Waals surface area contributed by atoms with Gasteiger partial charge >= 0.3 is 0 Å². The number of aromatic nitrogens is 2. The van der Waals surface area contributed by atoms with Gasteiger partial charge in [-0.2, -0.15) is 5.10 Å². The van der Waals surface area contributed by atoms with Crippen LogP contribution in [-0.4, -0.2) is 10.2 Å². The number of benzene rings is 1. The van der Waals surface area contributed by atoms with Gasteiger partial charge in [-0.1, -0.05) is 22.0 Å². The highest BCUT2D eigenvalue weighted by molar-refractivity contribution is 9.10. The van der Waals surface area contributed by atoms with Crippen molar-refractivity contribution in [3.63, 3.8) is 0 Å². The Bertz CT molecular complexity index is 760. The Balaban J connectivity index is 1.71. The van der Waals surface area contributed by atoms with E-state index in [1.165, 1.54) is 16.0 Å². The number of nitrogens with zero attached hydrogens (tertiary/aromatic N) is 1. The molecule has 94 valence electrons. The van der Waals surface area contributed by atoms with Crippen molar-refractivity contribution >= 4 is 38.8 Å². The van der Waals surface area contributed by atoms with Crippen LogP contribution in [0.1, 0.15) is 10.4 Å². The van der Waals surface area contributed by atoms with E-state index in [4.69, 9.17) is 0 Å². The lowest BCUT2D eigenvalue weighted by Gasteiger charge is -2.05. The van der Waals surface area contributed by atoms with Gasteiger partial charge in [-0.15, -0.1) is 11.3 Å². The fraction of sp³-hybridized carbons (Fsp3) is 0.0714. The van der Waals surface area contributed by atoms with Crippen LogP contribution >= 0.6 is 27.3 Å². The lowest BCUT2D eigenvalue weighted by atomic mass is 10.2. The van der Waals surface area contributed by atoms with E-state index in [-0.39, 0.29) is 0 Å². The number of H-pyrrole nitrogens is 1. The molecule has 0 saturated carbocycles. The lowest BCUT2D eigenvalue weighted by Crippen LogP contribution is -1.94. The van der Waals surface area contributed by atoms with Gasteiger partial charge in [-0.3, -0.25) is 5.10 Å². The highest BCUT2D eigenvalue weighted by Gasteiger charge is 2.25. The maximum Gasteiger partial charge on any atom is 0.156 e. The predicted octanol–water partition coefficient (Wildman–Crippen LogP) is 4.55. The Morgan fingerprint density at radius 1 is 1.32 bits per heavy atom. The highest BCUT2D eigenvalue weighted by Crippen LogP contribution is 2.41. The Labute approximate surface area is 122 Å². The van der Waals surface area contributed by atoms with Gasteiger partial charge < -0.3 is 5.32 Å². The largest absolute Gasteiger partial charge is 0.338 e. The van der Waals surface area contributed by atoms with Crippen molar-refractivity contribution in [2.24, 2.45) is 0 Å². The van der Waals surface area contributed by atoms with Crippen molar-refractivity contribution in [2.45, 2.75) is 6.42 Å². The number of rotatable bonds is 2. The summed E-state index contributed by atoms with van der Waals surface area (Å²) in [4.78, 5) is 1.42. The number of halogens is 1. The van der Waals surface area contributed by atoms with Crippen LogP contribution in [0.3, 0.4) is 0 Å². The molecule has 1 aliphatic carbocycles. The second kappa shape index (κ2) is 4.21. The third kappa shape index (κ3) is 1.81. The molecule has 0 unspecified atom stereocenters. The number of hydrogen-bond donors (Lipinski definition) is 2. The molecule has 0 aliphatic heterocycles. The molecule has 0 bridgehead atoms. The summed E-state index contributed by atoms with van der Waals surface area (Å²) >= 11 is 5.29. The highest BCUT2D eigenvalue weighted by atomic mass is 79.9. The molecule has 3 aromatic rings. The molecule has 0 radical (unpaired) electrons. The van der Waals surface area contributed by atoms with Crippen LogP contribution in [0.5, 0.6) is 0 Å². The maximum absolute atomic E-state index is 4.39. The first-order valence-corrected chi connectivity index (χ1v) is 7.65. The summed E-state index contributed by atoms with van der Waals surface area (Å²) in [5.41, 5.74) is 4.77.